The number of benzene rings is 1. The van der Waals surface area contributed by atoms with Crippen molar-refractivity contribution >= 4 is 17.3 Å². The Morgan fingerprint density at radius 2 is 1.70 bits per heavy atom. The Bertz CT molecular complexity index is 438. The van der Waals surface area contributed by atoms with Gasteiger partial charge in [-0.05, 0) is 43.9 Å². The molecule has 1 N–H and O–H groups in total. The molecule has 0 spiro atoms. The largest absolute Gasteiger partial charge is 0.393 e. The zero-order valence-electron chi connectivity index (χ0n) is 11.8. The molecular formula is C16H23ClN2O. The van der Waals surface area contributed by atoms with Crippen molar-refractivity contribution < 1.29 is 5.11 Å². The van der Waals surface area contributed by atoms with Crippen LogP contribution in [-0.2, 0) is 0 Å². The second-order valence-electron chi connectivity index (χ2n) is 5.97. The van der Waals surface area contributed by atoms with E-state index in [-0.39, 0.29) is 6.10 Å². The van der Waals surface area contributed by atoms with Gasteiger partial charge in [0, 0.05) is 42.9 Å². The molecule has 4 heteroatoms. The van der Waals surface area contributed by atoms with Crippen LogP contribution < -0.4 is 4.90 Å². The Kier molecular flexibility index (Phi) is 4.49. The first-order chi connectivity index (χ1) is 9.72. The summed E-state index contributed by atoms with van der Waals surface area (Å²) in [7, 11) is 0. The molecule has 3 nitrogen and oxygen atoms in total. The minimum absolute atomic E-state index is 0.0565. The van der Waals surface area contributed by atoms with E-state index < -0.39 is 0 Å². The molecule has 1 saturated heterocycles. The molecule has 2 fully saturated rings. The van der Waals surface area contributed by atoms with Crippen molar-refractivity contribution in [3.8, 4) is 0 Å². The number of anilines is 1. The maximum Gasteiger partial charge on any atom is 0.0541 e. The molecule has 1 aromatic rings. The Labute approximate surface area is 126 Å². The van der Waals surface area contributed by atoms with Gasteiger partial charge in [0.1, 0.15) is 0 Å². The van der Waals surface area contributed by atoms with Crippen LogP contribution >= 0.6 is 11.6 Å². The number of aliphatic hydroxyl groups is 1. The maximum atomic E-state index is 9.60. The topological polar surface area (TPSA) is 26.7 Å². The normalized spacial score (nSPS) is 28.6. The van der Waals surface area contributed by atoms with Crippen molar-refractivity contribution in [3.05, 3.63) is 29.3 Å². The smallest absolute Gasteiger partial charge is 0.0541 e. The van der Waals surface area contributed by atoms with Gasteiger partial charge in [0.2, 0.25) is 0 Å². The Balaban J connectivity index is 1.54. The molecule has 2 aliphatic rings. The van der Waals surface area contributed by atoms with Crippen molar-refractivity contribution in [2.24, 2.45) is 0 Å². The van der Waals surface area contributed by atoms with Crippen molar-refractivity contribution in [1.82, 2.24) is 4.90 Å². The average molecular weight is 295 g/mol. The van der Waals surface area contributed by atoms with Gasteiger partial charge in [0.15, 0.2) is 0 Å². The molecule has 0 unspecified atom stereocenters. The predicted octanol–water partition coefficient (Wildman–Crippen LogP) is 2.77. The van der Waals surface area contributed by atoms with Crippen molar-refractivity contribution in [2.75, 3.05) is 31.1 Å². The summed E-state index contributed by atoms with van der Waals surface area (Å²) < 4.78 is 0. The van der Waals surface area contributed by atoms with E-state index in [0.717, 1.165) is 56.9 Å². The number of hydrogen-bond donors (Lipinski definition) is 1. The van der Waals surface area contributed by atoms with Gasteiger partial charge in [-0.3, -0.25) is 4.90 Å². The van der Waals surface area contributed by atoms with E-state index in [4.69, 9.17) is 11.6 Å². The molecule has 1 aliphatic heterocycles. The average Bonchev–Trinajstić information content (AvgIpc) is 2.48. The summed E-state index contributed by atoms with van der Waals surface area (Å²) in [6, 6.07) is 8.81. The fourth-order valence-corrected chi connectivity index (χ4v) is 3.63. The van der Waals surface area contributed by atoms with E-state index in [1.54, 1.807) is 0 Å². The molecule has 1 heterocycles. The summed E-state index contributed by atoms with van der Waals surface area (Å²) in [4.78, 5) is 5.02. The van der Waals surface area contributed by atoms with Gasteiger partial charge in [-0.1, -0.05) is 17.7 Å². The molecule has 0 amide bonds. The third kappa shape index (κ3) is 3.27. The lowest BCUT2D eigenvalue weighted by Gasteiger charge is -2.42. The van der Waals surface area contributed by atoms with E-state index in [9.17, 15) is 5.11 Å². The highest BCUT2D eigenvalue weighted by Gasteiger charge is 2.27. The first kappa shape index (κ1) is 14.2. The predicted molar refractivity (Wildman–Crippen MR) is 83.5 cm³/mol. The standard InChI is InChI=1S/C16H23ClN2O/c17-13-2-1-3-15(12-13)19-10-8-18(9-11-19)14-4-6-16(20)7-5-14/h1-3,12,14,16,20H,4-11H2/t14-,16-. The Hall–Kier alpha value is -0.770. The molecule has 1 aromatic carbocycles. The zero-order chi connectivity index (χ0) is 13.9. The van der Waals surface area contributed by atoms with Crippen LogP contribution in [-0.4, -0.2) is 48.3 Å². The summed E-state index contributed by atoms with van der Waals surface area (Å²) in [6.07, 6.45) is 4.19. The second-order valence-corrected chi connectivity index (χ2v) is 6.40. The number of rotatable bonds is 2. The number of hydrogen-bond acceptors (Lipinski definition) is 3. The number of aliphatic hydroxyl groups excluding tert-OH is 1. The minimum atomic E-state index is -0.0565. The summed E-state index contributed by atoms with van der Waals surface area (Å²) in [6.45, 7) is 4.37. The van der Waals surface area contributed by atoms with Crippen LogP contribution in [0.5, 0.6) is 0 Å². The van der Waals surface area contributed by atoms with Crippen molar-refractivity contribution in [2.45, 2.75) is 37.8 Å². The van der Waals surface area contributed by atoms with E-state index in [0.29, 0.717) is 6.04 Å². The molecule has 1 saturated carbocycles. The van der Waals surface area contributed by atoms with Crippen LogP contribution in [0.1, 0.15) is 25.7 Å². The fourth-order valence-electron chi connectivity index (χ4n) is 3.44. The van der Waals surface area contributed by atoms with Crippen molar-refractivity contribution in [3.63, 3.8) is 0 Å². The third-order valence-electron chi connectivity index (χ3n) is 4.67. The third-order valence-corrected chi connectivity index (χ3v) is 4.91. The summed E-state index contributed by atoms with van der Waals surface area (Å²) in [5, 5.41) is 10.4. The van der Waals surface area contributed by atoms with Gasteiger partial charge >= 0.3 is 0 Å². The first-order valence-corrected chi connectivity index (χ1v) is 8.03. The summed E-state index contributed by atoms with van der Waals surface area (Å²) >= 11 is 6.07. The first-order valence-electron chi connectivity index (χ1n) is 7.65. The SMILES string of the molecule is O[C@H]1CC[C@H](N2CCN(c3cccc(Cl)c3)CC2)CC1. The molecule has 20 heavy (non-hydrogen) atoms. The molecule has 1 aliphatic carbocycles. The fraction of sp³-hybridized carbons (Fsp3) is 0.625. The van der Waals surface area contributed by atoms with Gasteiger partial charge in [-0.15, -0.1) is 0 Å². The number of halogens is 1. The highest BCUT2D eigenvalue weighted by Crippen LogP contribution is 2.26. The van der Waals surface area contributed by atoms with E-state index in [1.165, 1.54) is 5.69 Å². The van der Waals surface area contributed by atoms with E-state index in [2.05, 4.69) is 15.9 Å². The maximum absolute atomic E-state index is 9.60. The Morgan fingerprint density at radius 3 is 2.35 bits per heavy atom. The van der Waals surface area contributed by atoms with Crippen LogP contribution in [0.15, 0.2) is 24.3 Å². The molecule has 0 bridgehead atoms. The zero-order valence-corrected chi connectivity index (χ0v) is 12.6. The summed E-state index contributed by atoms with van der Waals surface area (Å²) in [5.41, 5.74) is 1.23. The lowest BCUT2D eigenvalue weighted by atomic mass is 9.91. The van der Waals surface area contributed by atoms with Gasteiger partial charge in [0.25, 0.3) is 0 Å². The van der Waals surface area contributed by atoms with Crippen LogP contribution in [0, 0.1) is 0 Å². The van der Waals surface area contributed by atoms with Crippen LogP contribution in [0.4, 0.5) is 5.69 Å². The monoisotopic (exact) mass is 294 g/mol. The van der Waals surface area contributed by atoms with Gasteiger partial charge < -0.3 is 10.0 Å². The lowest BCUT2D eigenvalue weighted by Crippen LogP contribution is -2.51. The molecule has 110 valence electrons. The van der Waals surface area contributed by atoms with E-state index >= 15 is 0 Å². The van der Waals surface area contributed by atoms with Crippen LogP contribution in [0.25, 0.3) is 0 Å². The lowest BCUT2D eigenvalue weighted by molar-refractivity contribution is 0.0711. The van der Waals surface area contributed by atoms with Gasteiger partial charge in [0.05, 0.1) is 6.10 Å². The quantitative estimate of drug-likeness (QED) is 0.908. The molecule has 0 aromatic heterocycles. The minimum Gasteiger partial charge on any atom is -0.393 e. The van der Waals surface area contributed by atoms with Crippen LogP contribution in [0.2, 0.25) is 5.02 Å². The van der Waals surface area contributed by atoms with E-state index in [1.807, 2.05) is 18.2 Å². The number of nitrogens with zero attached hydrogens (tertiary/aromatic N) is 2. The highest BCUT2D eigenvalue weighted by molar-refractivity contribution is 6.30. The molecule has 0 radical (unpaired) electrons. The second kappa shape index (κ2) is 6.33. The van der Waals surface area contributed by atoms with Crippen molar-refractivity contribution in [1.29, 1.82) is 0 Å². The van der Waals surface area contributed by atoms with Crippen LogP contribution in [0.3, 0.4) is 0 Å². The Morgan fingerprint density at radius 1 is 1.00 bits per heavy atom. The molecular weight excluding hydrogens is 272 g/mol. The number of piperazine rings is 1. The van der Waals surface area contributed by atoms with Gasteiger partial charge in [-0.2, -0.15) is 0 Å². The summed E-state index contributed by atoms with van der Waals surface area (Å²) in [5.74, 6) is 0. The highest BCUT2D eigenvalue weighted by atomic mass is 35.5. The molecule has 3 rings (SSSR count). The van der Waals surface area contributed by atoms with Gasteiger partial charge in [-0.25, -0.2) is 0 Å². The molecule has 0 atom stereocenters.